The lowest BCUT2D eigenvalue weighted by Gasteiger charge is -2.29. The molecule has 2 N–H and O–H groups in total. The predicted molar refractivity (Wildman–Crippen MR) is 80.0 cm³/mol. The number of benzene rings is 1. The van der Waals surface area contributed by atoms with Gasteiger partial charge in [-0.05, 0) is 59.7 Å². The zero-order valence-electron chi connectivity index (χ0n) is 10.4. The topological polar surface area (TPSA) is 66.4 Å². The van der Waals surface area contributed by atoms with Gasteiger partial charge < -0.3 is 10.4 Å². The highest BCUT2D eigenvalue weighted by Crippen LogP contribution is 2.25. The van der Waals surface area contributed by atoms with Crippen LogP contribution in [0.4, 0.5) is 0 Å². The number of rotatable bonds is 3. The number of carbonyl (C=O) groups excluding carboxylic acids is 1. The molecule has 2 unspecified atom stereocenters. The Hall–Kier alpha value is -1.11. The van der Waals surface area contributed by atoms with Gasteiger partial charge in [-0.1, -0.05) is 12.8 Å². The molecule has 5 heteroatoms. The molecule has 1 aliphatic carbocycles. The molecule has 1 saturated carbocycles. The molecular weight excluding hydrogens is 357 g/mol. The van der Waals surface area contributed by atoms with Crippen molar-refractivity contribution in [3.63, 3.8) is 0 Å². The fourth-order valence-electron chi connectivity index (χ4n) is 2.45. The summed E-state index contributed by atoms with van der Waals surface area (Å²) in [4.78, 5) is 23.3. The Morgan fingerprint density at radius 1 is 1.16 bits per heavy atom. The average molecular weight is 373 g/mol. The van der Waals surface area contributed by atoms with Crippen LogP contribution >= 0.6 is 22.6 Å². The molecular formula is C14H16INO3. The van der Waals surface area contributed by atoms with Gasteiger partial charge in [0.05, 0.1) is 5.92 Å². The van der Waals surface area contributed by atoms with Crippen LogP contribution in [0.3, 0.4) is 0 Å². The second-order valence-electron chi connectivity index (χ2n) is 4.82. The third kappa shape index (κ3) is 3.68. The lowest BCUT2D eigenvalue weighted by molar-refractivity contribution is -0.143. The number of halogens is 1. The summed E-state index contributed by atoms with van der Waals surface area (Å²) in [6, 6.07) is 7.00. The number of hydrogen-bond acceptors (Lipinski definition) is 2. The molecule has 0 bridgehead atoms. The Bertz CT molecular complexity index is 472. The number of hydrogen-bond donors (Lipinski definition) is 2. The fourth-order valence-corrected chi connectivity index (χ4v) is 2.81. The van der Waals surface area contributed by atoms with Gasteiger partial charge in [0, 0.05) is 15.2 Å². The molecule has 2 atom stereocenters. The van der Waals surface area contributed by atoms with Crippen molar-refractivity contribution in [2.24, 2.45) is 5.92 Å². The summed E-state index contributed by atoms with van der Waals surface area (Å²) < 4.78 is 1.07. The van der Waals surface area contributed by atoms with Gasteiger partial charge in [0.15, 0.2) is 0 Å². The van der Waals surface area contributed by atoms with E-state index in [1.54, 1.807) is 12.1 Å². The Labute approximate surface area is 125 Å². The minimum absolute atomic E-state index is 0.186. The molecule has 0 aromatic heterocycles. The third-order valence-corrected chi connectivity index (χ3v) is 4.23. The van der Waals surface area contributed by atoms with Crippen LogP contribution in [-0.4, -0.2) is 23.0 Å². The van der Waals surface area contributed by atoms with Gasteiger partial charge in [0.25, 0.3) is 5.91 Å². The predicted octanol–water partition coefficient (Wildman–Crippen LogP) is 2.66. The van der Waals surface area contributed by atoms with Gasteiger partial charge in [-0.2, -0.15) is 0 Å². The van der Waals surface area contributed by atoms with Gasteiger partial charge in [-0.3, -0.25) is 9.59 Å². The van der Waals surface area contributed by atoms with E-state index in [4.69, 9.17) is 0 Å². The first-order chi connectivity index (χ1) is 9.08. The smallest absolute Gasteiger partial charge is 0.308 e. The van der Waals surface area contributed by atoms with E-state index in [1.807, 2.05) is 12.1 Å². The molecule has 0 spiro atoms. The number of carboxylic acid groups (broad SMARTS) is 1. The molecule has 1 aromatic rings. The zero-order valence-corrected chi connectivity index (χ0v) is 12.6. The summed E-state index contributed by atoms with van der Waals surface area (Å²) in [6.07, 6.45) is 3.29. The molecule has 4 nitrogen and oxygen atoms in total. The Morgan fingerprint density at radius 3 is 2.42 bits per heavy atom. The zero-order chi connectivity index (χ0) is 13.8. The van der Waals surface area contributed by atoms with E-state index in [0.717, 1.165) is 22.8 Å². The number of carboxylic acids is 1. The average Bonchev–Trinajstić information content (AvgIpc) is 2.39. The van der Waals surface area contributed by atoms with E-state index in [2.05, 4.69) is 27.9 Å². The summed E-state index contributed by atoms with van der Waals surface area (Å²) in [5.74, 6) is -1.45. The van der Waals surface area contributed by atoms with E-state index < -0.39 is 11.9 Å². The molecule has 1 amide bonds. The molecule has 1 aliphatic rings. The Morgan fingerprint density at radius 2 is 1.79 bits per heavy atom. The van der Waals surface area contributed by atoms with E-state index >= 15 is 0 Å². The standard InChI is InChI=1S/C14H16INO3/c15-10-7-5-9(6-8-10)13(17)16-12-4-2-1-3-11(12)14(18)19/h5-8,11-12H,1-4H2,(H,16,17)(H,18,19). The van der Waals surface area contributed by atoms with Crippen LogP contribution in [0, 0.1) is 9.49 Å². The Kier molecular flexibility index (Phi) is 4.79. The maximum atomic E-state index is 12.1. The Balaban J connectivity index is 2.04. The summed E-state index contributed by atoms with van der Waals surface area (Å²) in [7, 11) is 0. The summed E-state index contributed by atoms with van der Waals surface area (Å²) >= 11 is 2.18. The number of aliphatic carboxylic acids is 1. The van der Waals surface area contributed by atoms with Crippen molar-refractivity contribution < 1.29 is 14.7 Å². The summed E-state index contributed by atoms with van der Waals surface area (Å²) in [5.41, 5.74) is 0.579. The maximum absolute atomic E-state index is 12.1. The van der Waals surface area contributed by atoms with Crippen molar-refractivity contribution in [2.75, 3.05) is 0 Å². The van der Waals surface area contributed by atoms with Crippen LogP contribution in [0.25, 0.3) is 0 Å². The highest BCUT2D eigenvalue weighted by Gasteiger charge is 2.31. The number of carbonyl (C=O) groups is 2. The first kappa shape index (κ1) is 14.3. The van der Waals surface area contributed by atoms with E-state index in [0.29, 0.717) is 12.0 Å². The molecule has 0 saturated heterocycles. The van der Waals surface area contributed by atoms with Crippen molar-refractivity contribution >= 4 is 34.5 Å². The van der Waals surface area contributed by atoms with Crippen molar-refractivity contribution in [1.82, 2.24) is 5.32 Å². The largest absolute Gasteiger partial charge is 0.481 e. The molecule has 2 rings (SSSR count). The quantitative estimate of drug-likeness (QED) is 0.801. The lowest BCUT2D eigenvalue weighted by Crippen LogP contribution is -2.45. The van der Waals surface area contributed by atoms with Crippen molar-refractivity contribution in [2.45, 2.75) is 31.7 Å². The van der Waals surface area contributed by atoms with Gasteiger partial charge in [0.1, 0.15) is 0 Å². The summed E-state index contributed by atoms with van der Waals surface area (Å²) in [6.45, 7) is 0. The SMILES string of the molecule is O=C(NC1CCCCC1C(=O)O)c1ccc(I)cc1. The van der Waals surface area contributed by atoms with Gasteiger partial charge in [-0.15, -0.1) is 0 Å². The fraction of sp³-hybridized carbons (Fsp3) is 0.429. The highest BCUT2D eigenvalue weighted by atomic mass is 127. The molecule has 0 heterocycles. The number of amides is 1. The lowest BCUT2D eigenvalue weighted by atomic mass is 9.84. The first-order valence-electron chi connectivity index (χ1n) is 6.37. The first-order valence-corrected chi connectivity index (χ1v) is 7.45. The van der Waals surface area contributed by atoms with Crippen LogP contribution in [-0.2, 0) is 4.79 Å². The molecule has 1 aromatic carbocycles. The third-order valence-electron chi connectivity index (χ3n) is 3.51. The molecule has 0 aliphatic heterocycles. The van der Waals surface area contributed by atoms with Crippen LogP contribution in [0.2, 0.25) is 0 Å². The second kappa shape index (κ2) is 6.36. The number of nitrogens with one attached hydrogen (secondary N) is 1. The van der Waals surface area contributed by atoms with Gasteiger partial charge >= 0.3 is 5.97 Å². The van der Waals surface area contributed by atoms with Crippen molar-refractivity contribution in [3.8, 4) is 0 Å². The summed E-state index contributed by atoms with van der Waals surface area (Å²) in [5, 5.41) is 12.0. The second-order valence-corrected chi connectivity index (χ2v) is 6.06. The minimum Gasteiger partial charge on any atom is -0.481 e. The minimum atomic E-state index is -0.812. The maximum Gasteiger partial charge on any atom is 0.308 e. The van der Waals surface area contributed by atoms with E-state index in [-0.39, 0.29) is 11.9 Å². The molecule has 102 valence electrons. The van der Waals surface area contributed by atoms with Gasteiger partial charge in [0.2, 0.25) is 0 Å². The van der Waals surface area contributed by atoms with Crippen LogP contribution in [0.1, 0.15) is 36.0 Å². The molecule has 0 radical (unpaired) electrons. The molecule has 19 heavy (non-hydrogen) atoms. The van der Waals surface area contributed by atoms with Crippen LogP contribution in [0.15, 0.2) is 24.3 Å². The van der Waals surface area contributed by atoms with Crippen LogP contribution in [0.5, 0.6) is 0 Å². The normalized spacial score (nSPS) is 22.8. The monoisotopic (exact) mass is 373 g/mol. The van der Waals surface area contributed by atoms with E-state index in [1.165, 1.54) is 0 Å². The van der Waals surface area contributed by atoms with Crippen LogP contribution < -0.4 is 5.32 Å². The molecule has 1 fully saturated rings. The van der Waals surface area contributed by atoms with E-state index in [9.17, 15) is 14.7 Å². The highest BCUT2D eigenvalue weighted by molar-refractivity contribution is 14.1. The van der Waals surface area contributed by atoms with Gasteiger partial charge in [-0.25, -0.2) is 0 Å². The van der Waals surface area contributed by atoms with Crippen molar-refractivity contribution in [3.05, 3.63) is 33.4 Å². The van der Waals surface area contributed by atoms with Crippen molar-refractivity contribution in [1.29, 1.82) is 0 Å².